The number of amides is 1. The molecule has 1 amide bonds. The van der Waals surface area contributed by atoms with Crippen molar-refractivity contribution in [1.82, 2.24) is 25.3 Å². The van der Waals surface area contributed by atoms with Crippen LogP contribution < -0.4 is 5.32 Å². The minimum atomic E-state index is 0.137. The van der Waals surface area contributed by atoms with Gasteiger partial charge in [-0.25, -0.2) is 0 Å². The molecule has 2 aromatic heterocycles. The van der Waals surface area contributed by atoms with Crippen LogP contribution in [0.25, 0.3) is 11.4 Å². The van der Waals surface area contributed by atoms with Crippen molar-refractivity contribution < 1.29 is 9.32 Å². The number of hydrogen-bond donors (Lipinski definition) is 1. The molecule has 1 N–H and O–H groups in total. The number of aromatic nitrogens is 3. The molecule has 2 fully saturated rings. The van der Waals surface area contributed by atoms with Gasteiger partial charge in [-0.1, -0.05) is 5.16 Å². The van der Waals surface area contributed by atoms with E-state index in [9.17, 15) is 4.79 Å². The van der Waals surface area contributed by atoms with E-state index in [1.807, 2.05) is 12.1 Å². The van der Waals surface area contributed by atoms with E-state index in [1.165, 1.54) is 12.8 Å². The van der Waals surface area contributed by atoms with Gasteiger partial charge in [0.2, 0.25) is 17.6 Å². The van der Waals surface area contributed by atoms with E-state index in [0.717, 1.165) is 50.4 Å². The lowest BCUT2D eigenvalue weighted by atomic mass is 9.99. The predicted octanol–water partition coefficient (Wildman–Crippen LogP) is 2.62. The molecule has 1 atom stereocenters. The Bertz CT molecular complexity index is 744. The van der Waals surface area contributed by atoms with Gasteiger partial charge in [0.1, 0.15) is 0 Å². The van der Waals surface area contributed by atoms with Crippen LogP contribution in [0, 0.1) is 5.92 Å². The summed E-state index contributed by atoms with van der Waals surface area (Å²) in [5, 5.41) is 7.17. The second kappa shape index (κ2) is 8.61. The van der Waals surface area contributed by atoms with Crippen LogP contribution >= 0.6 is 0 Å². The van der Waals surface area contributed by atoms with Gasteiger partial charge in [-0.15, -0.1) is 0 Å². The van der Waals surface area contributed by atoms with E-state index in [-0.39, 0.29) is 11.8 Å². The Balaban J connectivity index is 1.43. The normalized spacial score (nSPS) is 22.8. The van der Waals surface area contributed by atoms with Gasteiger partial charge in [-0.2, -0.15) is 4.98 Å². The van der Waals surface area contributed by atoms with Crippen molar-refractivity contribution in [3.05, 3.63) is 30.4 Å². The first-order valence-electron chi connectivity index (χ1n) is 10.0. The molecule has 1 unspecified atom stereocenters. The van der Waals surface area contributed by atoms with Crippen molar-refractivity contribution >= 4 is 5.91 Å². The number of rotatable bonds is 4. The highest BCUT2D eigenvalue weighted by Gasteiger charge is 2.26. The number of carbonyl (C=O) groups is 1. The average molecular weight is 369 g/mol. The summed E-state index contributed by atoms with van der Waals surface area (Å²) in [6.45, 7) is 3.67. The first kappa shape index (κ1) is 18.1. The lowest BCUT2D eigenvalue weighted by Gasteiger charge is -2.22. The Hall–Kier alpha value is -2.28. The van der Waals surface area contributed by atoms with Gasteiger partial charge in [0.05, 0.1) is 0 Å². The molecule has 0 aromatic carbocycles. The summed E-state index contributed by atoms with van der Waals surface area (Å²) in [7, 11) is 0. The molecular weight excluding hydrogens is 342 g/mol. The monoisotopic (exact) mass is 369 g/mol. The first-order valence-corrected chi connectivity index (χ1v) is 10.0. The van der Waals surface area contributed by atoms with E-state index in [0.29, 0.717) is 24.7 Å². The highest BCUT2D eigenvalue weighted by Crippen LogP contribution is 2.30. The molecule has 7 heteroatoms. The Kier molecular flexibility index (Phi) is 5.77. The van der Waals surface area contributed by atoms with E-state index >= 15 is 0 Å². The first-order chi connectivity index (χ1) is 13.3. The average Bonchev–Trinajstić information content (AvgIpc) is 3.38. The number of nitrogens with zero attached hydrogens (tertiary/aromatic N) is 4. The smallest absolute Gasteiger partial charge is 0.230 e. The van der Waals surface area contributed by atoms with Gasteiger partial charge < -0.3 is 14.7 Å². The largest absolute Gasteiger partial charge is 0.356 e. The highest BCUT2D eigenvalue weighted by molar-refractivity contribution is 5.76. The lowest BCUT2D eigenvalue weighted by Crippen LogP contribution is -2.32. The molecular formula is C20H27N5O2. The van der Waals surface area contributed by atoms with E-state index < -0.39 is 0 Å². The molecule has 2 aromatic rings. The summed E-state index contributed by atoms with van der Waals surface area (Å²) in [6.07, 6.45) is 9.62. The zero-order valence-electron chi connectivity index (χ0n) is 15.6. The SMILES string of the molecule is O=C1CCN(CC2CC2)CCCC(c2nc(-c3cccnc3)no2)CCN1. The standard InChI is InChI=1S/C20H27N5O2/c26-18-8-12-25(14-15-5-6-15)11-2-4-16(7-10-22-18)20-23-19(24-27-20)17-3-1-9-21-13-17/h1,3,9,13,15-16H,2,4-8,10-12,14H2,(H,22,26). The van der Waals surface area contributed by atoms with E-state index in [1.54, 1.807) is 12.4 Å². The van der Waals surface area contributed by atoms with Gasteiger partial charge >= 0.3 is 0 Å². The fraction of sp³-hybridized carbons (Fsp3) is 0.600. The summed E-state index contributed by atoms with van der Waals surface area (Å²) in [6, 6.07) is 3.79. The molecule has 1 aliphatic heterocycles. The Morgan fingerprint density at radius 2 is 2.15 bits per heavy atom. The Morgan fingerprint density at radius 3 is 2.96 bits per heavy atom. The van der Waals surface area contributed by atoms with Gasteiger partial charge in [-0.3, -0.25) is 9.78 Å². The number of carbonyl (C=O) groups excluding carboxylic acids is 1. The molecule has 1 saturated heterocycles. The van der Waals surface area contributed by atoms with Crippen LogP contribution in [0.5, 0.6) is 0 Å². The number of hydrogen-bond acceptors (Lipinski definition) is 6. The molecule has 0 spiro atoms. The predicted molar refractivity (Wildman–Crippen MR) is 101 cm³/mol. The van der Waals surface area contributed by atoms with Crippen molar-refractivity contribution in [3.8, 4) is 11.4 Å². The van der Waals surface area contributed by atoms with E-state index in [4.69, 9.17) is 4.52 Å². The van der Waals surface area contributed by atoms with Gasteiger partial charge in [0, 0.05) is 49.9 Å². The maximum atomic E-state index is 12.1. The molecule has 0 bridgehead atoms. The van der Waals surface area contributed by atoms with Crippen LogP contribution in [0.1, 0.15) is 50.3 Å². The van der Waals surface area contributed by atoms with Crippen molar-refractivity contribution in [3.63, 3.8) is 0 Å². The lowest BCUT2D eigenvalue weighted by molar-refractivity contribution is -0.121. The molecule has 7 nitrogen and oxygen atoms in total. The van der Waals surface area contributed by atoms with Crippen LogP contribution in [-0.4, -0.2) is 52.1 Å². The maximum absolute atomic E-state index is 12.1. The van der Waals surface area contributed by atoms with Gasteiger partial charge in [0.25, 0.3) is 0 Å². The fourth-order valence-electron chi connectivity index (χ4n) is 3.66. The third kappa shape index (κ3) is 5.13. The highest BCUT2D eigenvalue weighted by atomic mass is 16.5. The second-order valence-corrected chi connectivity index (χ2v) is 7.67. The van der Waals surface area contributed by atoms with Crippen molar-refractivity contribution in [2.24, 2.45) is 5.92 Å². The maximum Gasteiger partial charge on any atom is 0.230 e. The Labute approximate surface area is 159 Å². The molecule has 3 heterocycles. The van der Waals surface area contributed by atoms with Crippen LogP contribution in [0.15, 0.2) is 29.0 Å². The molecule has 1 saturated carbocycles. The summed E-state index contributed by atoms with van der Waals surface area (Å²) < 4.78 is 5.57. The molecule has 27 heavy (non-hydrogen) atoms. The van der Waals surface area contributed by atoms with Gasteiger partial charge in [-0.05, 0) is 56.7 Å². The fourth-order valence-corrected chi connectivity index (χ4v) is 3.66. The zero-order valence-corrected chi connectivity index (χ0v) is 15.6. The molecule has 4 rings (SSSR count). The zero-order chi connectivity index (χ0) is 18.5. The number of nitrogens with one attached hydrogen (secondary N) is 1. The van der Waals surface area contributed by atoms with E-state index in [2.05, 4.69) is 25.3 Å². The molecule has 144 valence electrons. The minimum absolute atomic E-state index is 0.137. The van der Waals surface area contributed by atoms with Crippen molar-refractivity contribution in [1.29, 1.82) is 0 Å². The summed E-state index contributed by atoms with van der Waals surface area (Å²) in [5.41, 5.74) is 0.855. The van der Waals surface area contributed by atoms with Crippen molar-refractivity contribution in [2.75, 3.05) is 26.2 Å². The Morgan fingerprint density at radius 1 is 1.22 bits per heavy atom. The van der Waals surface area contributed by atoms with Crippen LogP contribution in [-0.2, 0) is 4.79 Å². The molecule has 2 aliphatic rings. The molecule has 1 aliphatic carbocycles. The topological polar surface area (TPSA) is 84.2 Å². The van der Waals surface area contributed by atoms with Crippen LogP contribution in [0.3, 0.4) is 0 Å². The van der Waals surface area contributed by atoms with Crippen molar-refractivity contribution in [2.45, 2.75) is 44.4 Å². The number of pyridine rings is 1. The van der Waals surface area contributed by atoms with Crippen LogP contribution in [0.4, 0.5) is 0 Å². The second-order valence-electron chi connectivity index (χ2n) is 7.67. The summed E-state index contributed by atoms with van der Waals surface area (Å²) in [5.74, 6) is 2.39. The third-order valence-corrected chi connectivity index (χ3v) is 5.42. The summed E-state index contributed by atoms with van der Waals surface area (Å²) >= 11 is 0. The van der Waals surface area contributed by atoms with Crippen LogP contribution in [0.2, 0.25) is 0 Å². The quantitative estimate of drug-likeness (QED) is 0.892. The third-order valence-electron chi connectivity index (χ3n) is 5.42. The summed E-state index contributed by atoms with van der Waals surface area (Å²) in [4.78, 5) is 23.3. The van der Waals surface area contributed by atoms with Gasteiger partial charge in [0.15, 0.2) is 0 Å². The molecule has 0 radical (unpaired) electrons. The minimum Gasteiger partial charge on any atom is -0.356 e.